The van der Waals surface area contributed by atoms with Crippen LogP contribution in [-0.4, -0.2) is 87.1 Å². The molecule has 3 unspecified atom stereocenters. The summed E-state index contributed by atoms with van der Waals surface area (Å²) in [4.78, 5) is 45.2. The largest absolute Gasteiger partial charge is 0.478 e. The molecule has 4 heterocycles. The highest BCUT2D eigenvalue weighted by molar-refractivity contribution is 6.36. The Labute approximate surface area is 291 Å². The molecule has 1 amide bonds. The number of hydrogen-bond donors (Lipinski definition) is 3. The van der Waals surface area contributed by atoms with Gasteiger partial charge in [0.05, 0.1) is 29.0 Å². The summed E-state index contributed by atoms with van der Waals surface area (Å²) >= 11 is 12.9. The summed E-state index contributed by atoms with van der Waals surface area (Å²) in [5, 5.41) is 23.5. The van der Waals surface area contributed by atoms with Crippen LogP contribution in [0.2, 0.25) is 10.0 Å². The summed E-state index contributed by atoms with van der Waals surface area (Å²) in [5.41, 5.74) is 0.177. The van der Waals surface area contributed by atoms with E-state index in [0.717, 1.165) is 43.4 Å². The zero-order valence-electron chi connectivity index (χ0n) is 26.8. The Bertz CT molecular complexity index is 1670. The number of nitrogens with one attached hydrogen (secondary N) is 1. The topological polar surface area (TPSA) is 113 Å². The number of aliphatic carboxylic acids is 2. The minimum Gasteiger partial charge on any atom is -0.478 e. The lowest BCUT2D eigenvalue weighted by atomic mass is 9.79. The minimum atomic E-state index is -4.35. The fourth-order valence-electron chi connectivity index (χ4n) is 8.06. The molecular formula is C35H37Cl2F3N4O5. The van der Waals surface area contributed by atoms with Crippen molar-refractivity contribution in [1.29, 1.82) is 0 Å². The number of nitrogens with zero attached hydrogens (tertiary/aromatic N) is 3. The Balaban J connectivity index is 1.10. The Morgan fingerprint density at radius 3 is 1.96 bits per heavy atom. The van der Waals surface area contributed by atoms with Crippen molar-refractivity contribution in [2.24, 2.45) is 0 Å². The molecule has 2 aromatic carbocycles. The molecule has 0 spiro atoms. The van der Waals surface area contributed by atoms with E-state index in [4.69, 9.17) is 23.2 Å². The maximum absolute atomic E-state index is 13.6. The predicted octanol–water partition coefficient (Wildman–Crippen LogP) is 6.13. The molecule has 3 saturated heterocycles. The van der Waals surface area contributed by atoms with Gasteiger partial charge in [0, 0.05) is 77.9 Å². The van der Waals surface area contributed by atoms with Crippen LogP contribution in [0.3, 0.4) is 0 Å². The van der Waals surface area contributed by atoms with Gasteiger partial charge in [-0.05, 0) is 62.4 Å². The van der Waals surface area contributed by atoms with Crippen molar-refractivity contribution in [2.75, 3.05) is 26.2 Å². The van der Waals surface area contributed by atoms with E-state index in [1.165, 1.54) is 19.1 Å². The first kappa shape index (κ1) is 35.3. The number of rotatable bonds is 8. The van der Waals surface area contributed by atoms with Crippen LogP contribution in [0.1, 0.15) is 61.6 Å². The van der Waals surface area contributed by atoms with Crippen molar-refractivity contribution in [3.8, 4) is 0 Å². The lowest BCUT2D eigenvalue weighted by Gasteiger charge is -2.46. The number of carbonyl (C=O) groups is 3. The van der Waals surface area contributed by atoms with Gasteiger partial charge in [0.15, 0.2) is 0 Å². The lowest BCUT2D eigenvalue weighted by molar-refractivity contribution is -0.138. The number of carboxylic acids is 2. The van der Waals surface area contributed by atoms with Crippen LogP contribution in [0.4, 0.5) is 13.2 Å². The van der Waals surface area contributed by atoms with E-state index in [9.17, 15) is 37.8 Å². The van der Waals surface area contributed by atoms with Crippen molar-refractivity contribution >= 4 is 41.0 Å². The molecule has 2 bridgehead atoms. The van der Waals surface area contributed by atoms with Gasteiger partial charge in [0.25, 0.3) is 0 Å². The van der Waals surface area contributed by atoms with E-state index < -0.39 is 29.6 Å². The van der Waals surface area contributed by atoms with Gasteiger partial charge in [-0.2, -0.15) is 13.2 Å². The summed E-state index contributed by atoms with van der Waals surface area (Å²) in [6.45, 7) is 4.39. The molecule has 0 aromatic heterocycles. The number of benzene rings is 2. The van der Waals surface area contributed by atoms with Crippen molar-refractivity contribution in [2.45, 2.75) is 75.8 Å². The average Bonchev–Trinajstić information content (AvgIpc) is 3.25. The smallest absolute Gasteiger partial charge is 0.416 e. The van der Waals surface area contributed by atoms with Crippen LogP contribution in [0.5, 0.6) is 0 Å². The van der Waals surface area contributed by atoms with E-state index in [0.29, 0.717) is 50.8 Å². The summed E-state index contributed by atoms with van der Waals surface area (Å²) < 4.78 is 39.0. The molecule has 0 saturated carbocycles. The number of halogens is 5. The first-order valence-corrected chi connectivity index (χ1v) is 17.0. The Morgan fingerprint density at radius 1 is 0.857 bits per heavy atom. The predicted molar refractivity (Wildman–Crippen MR) is 177 cm³/mol. The maximum atomic E-state index is 13.6. The van der Waals surface area contributed by atoms with Crippen molar-refractivity contribution in [3.05, 3.63) is 91.7 Å². The molecule has 4 aliphatic heterocycles. The highest BCUT2D eigenvalue weighted by Crippen LogP contribution is 2.45. The van der Waals surface area contributed by atoms with E-state index >= 15 is 0 Å². The van der Waals surface area contributed by atoms with Crippen LogP contribution in [0, 0.1) is 0 Å². The third-order valence-electron chi connectivity index (χ3n) is 10.4. The zero-order valence-corrected chi connectivity index (χ0v) is 28.3. The molecule has 0 radical (unpaired) electrons. The number of hydrogen-bond acceptors (Lipinski definition) is 6. The highest BCUT2D eigenvalue weighted by atomic mass is 35.5. The standard InChI is InChI=1S/C35H37Cl2F3N4O5/c1-19-29(33(46)47)32(30-25(36)3-2-4-26(30)37)31(34(48)49)27(41-19)17-28(45)43-13-11-42(12-14-43)24-15-22-9-10-23(16-24)44(22)18-20-5-7-21(8-6-20)35(38,39)40/h2-8,22-24,32,41H,9-18H2,1H3,(H,46,47)(H,48,49). The van der Waals surface area contributed by atoms with Gasteiger partial charge in [-0.1, -0.05) is 41.4 Å². The van der Waals surface area contributed by atoms with E-state index in [1.807, 2.05) is 0 Å². The normalized spacial score (nSPS) is 25.1. The second kappa shape index (κ2) is 14.0. The number of allylic oxidation sites excluding steroid dienone is 1. The van der Waals surface area contributed by atoms with Crippen LogP contribution in [0.25, 0.3) is 0 Å². The van der Waals surface area contributed by atoms with Crippen LogP contribution in [0.15, 0.2) is 65.0 Å². The number of carboxylic acid groups (broad SMARTS) is 2. The van der Waals surface area contributed by atoms with E-state index in [2.05, 4.69) is 15.1 Å². The Hall–Kier alpha value is -3.58. The summed E-state index contributed by atoms with van der Waals surface area (Å²) in [6.07, 6.45) is -0.622. The zero-order chi connectivity index (χ0) is 35.2. The number of amides is 1. The molecule has 14 heteroatoms. The number of fused-ring (bicyclic) bond motifs is 2. The second-order valence-electron chi connectivity index (χ2n) is 13.2. The van der Waals surface area contributed by atoms with Crippen molar-refractivity contribution in [3.63, 3.8) is 0 Å². The first-order chi connectivity index (χ1) is 23.2. The number of piperazine rings is 1. The second-order valence-corrected chi connectivity index (χ2v) is 14.0. The number of carbonyl (C=O) groups excluding carboxylic acids is 1. The van der Waals surface area contributed by atoms with Crippen LogP contribution < -0.4 is 5.32 Å². The Kier molecular flexibility index (Phi) is 10.1. The highest BCUT2D eigenvalue weighted by Gasteiger charge is 2.44. The third-order valence-corrected chi connectivity index (χ3v) is 11.1. The van der Waals surface area contributed by atoms with Crippen molar-refractivity contribution in [1.82, 2.24) is 20.0 Å². The van der Waals surface area contributed by atoms with E-state index in [-0.39, 0.29) is 50.5 Å². The molecule has 2 aromatic rings. The Morgan fingerprint density at radius 2 is 1.43 bits per heavy atom. The summed E-state index contributed by atoms with van der Waals surface area (Å²) in [6, 6.07) is 11.1. The van der Waals surface area contributed by atoms with E-state index in [1.54, 1.807) is 23.1 Å². The molecule has 3 N–H and O–H groups in total. The molecule has 9 nitrogen and oxygen atoms in total. The molecule has 3 atom stereocenters. The summed E-state index contributed by atoms with van der Waals surface area (Å²) in [5.74, 6) is -4.28. The van der Waals surface area contributed by atoms with Gasteiger partial charge < -0.3 is 20.4 Å². The maximum Gasteiger partial charge on any atom is 0.416 e. The lowest BCUT2D eigenvalue weighted by Crippen LogP contribution is -2.56. The molecule has 3 fully saturated rings. The van der Waals surface area contributed by atoms with Crippen LogP contribution >= 0.6 is 23.2 Å². The van der Waals surface area contributed by atoms with Gasteiger partial charge in [0.1, 0.15) is 0 Å². The van der Waals surface area contributed by atoms with Gasteiger partial charge in [-0.15, -0.1) is 0 Å². The molecule has 49 heavy (non-hydrogen) atoms. The molecule has 6 rings (SSSR count). The SMILES string of the molecule is CC1=C(C(=O)O)C(c2c(Cl)cccc2Cl)C(C(=O)O)=C(CC(=O)N2CCN(C3CC4CCC(C3)N4Cc3ccc(C(F)(F)F)cc3)CC2)N1. The molecule has 262 valence electrons. The van der Waals surface area contributed by atoms with Gasteiger partial charge in [-0.3, -0.25) is 14.6 Å². The fraction of sp³-hybridized carbons (Fsp3) is 0.457. The van der Waals surface area contributed by atoms with Crippen molar-refractivity contribution < 1.29 is 37.8 Å². The quantitative estimate of drug-likeness (QED) is 0.299. The molecule has 4 aliphatic rings. The minimum absolute atomic E-state index is 0.0976. The fourth-order valence-corrected chi connectivity index (χ4v) is 8.67. The number of dihydropyridines is 1. The molecular weight excluding hydrogens is 684 g/mol. The van der Waals surface area contributed by atoms with Gasteiger partial charge in [-0.25, -0.2) is 9.59 Å². The number of piperidine rings is 1. The van der Waals surface area contributed by atoms with Gasteiger partial charge >= 0.3 is 18.1 Å². The molecule has 0 aliphatic carbocycles. The first-order valence-electron chi connectivity index (χ1n) is 16.3. The monoisotopic (exact) mass is 720 g/mol. The van der Waals surface area contributed by atoms with Crippen LogP contribution in [-0.2, 0) is 27.1 Å². The summed E-state index contributed by atoms with van der Waals surface area (Å²) in [7, 11) is 0. The third kappa shape index (κ3) is 7.19. The number of alkyl halides is 3. The average molecular weight is 722 g/mol. The van der Waals surface area contributed by atoms with Gasteiger partial charge in [0.2, 0.25) is 5.91 Å².